The van der Waals surface area contributed by atoms with E-state index in [0.717, 1.165) is 18.2 Å². The summed E-state index contributed by atoms with van der Waals surface area (Å²) in [6.07, 6.45) is -11.3. The first kappa shape index (κ1) is 23.5. The summed E-state index contributed by atoms with van der Waals surface area (Å²) in [5.74, 6) is -2.15. The molecular formula is C18H18F7NO2S. The van der Waals surface area contributed by atoms with E-state index in [1.165, 1.54) is 12.3 Å². The molecule has 0 aromatic heterocycles. The van der Waals surface area contributed by atoms with Gasteiger partial charge in [-0.25, -0.2) is 4.39 Å². The fraction of sp³-hybridized carbons (Fsp3) is 0.500. The van der Waals surface area contributed by atoms with Crippen LogP contribution < -0.4 is 0 Å². The normalized spacial score (nSPS) is 17.3. The van der Waals surface area contributed by atoms with Crippen molar-refractivity contribution in [2.45, 2.75) is 18.5 Å². The average Bonchev–Trinajstić information content (AvgIpc) is 2.65. The number of ketones is 1. The van der Waals surface area contributed by atoms with Gasteiger partial charge < -0.3 is 9.64 Å². The van der Waals surface area contributed by atoms with E-state index in [0.29, 0.717) is 38.1 Å². The monoisotopic (exact) mass is 445 g/mol. The van der Waals surface area contributed by atoms with Gasteiger partial charge in [-0.2, -0.15) is 38.1 Å². The fourth-order valence-corrected chi connectivity index (χ4v) is 3.34. The molecule has 1 aromatic carbocycles. The third kappa shape index (κ3) is 7.22. The maximum atomic E-state index is 13.0. The summed E-state index contributed by atoms with van der Waals surface area (Å²) in [6.45, 7) is 1.54. The molecule has 0 saturated carbocycles. The lowest BCUT2D eigenvalue weighted by Gasteiger charge is -2.26. The first-order chi connectivity index (χ1) is 13.5. The lowest BCUT2D eigenvalue weighted by Crippen LogP contribution is -2.32. The highest BCUT2D eigenvalue weighted by atomic mass is 32.2. The Morgan fingerprint density at radius 3 is 2.41 bits per heavy atom. The van der Waals surface area contributed by atoms with Gasteiger partial charge in [0.15, 0.2) is 5.78 Å². The Labute approximate surface area is 166 Å². The fourth-order valence-electron chi connectivity index (χ4n) is 2.49. The van der Waals surface area contributed by atoms with E-state index in [1.807, 2.05) is 0 Å². The minimum atomic E-state index is -5.02. The second kappa shape index (κ2) is 9.84. The molecule has 1 unspecified atom stereocenters. The van der Waals surface area contributed by atoms with Gasteiger partial charge in [-0.3, -0.25) is 4.79 Å². The second-order valence-electron chi connectivity index (χ2n) is 6.22. The molecule has 0 spiro atoms. The Balaban J connectivity index is 2.21. The highest BCUT2D eigenvalue weighted by molar-refractivity contribution is 8.00. The zero-order valence-corrected chi connectivity index (χ0v) is 15.8. The third-order valence-corrected chi connectivity index (χ3v) is 5.01. The van der Waals surface area contributed by atoms with Crippen LogP contribution in [-0.4, -0.2) is 60.8 Å². The van der Waals surface area contributed by atoms with Crippen LogP contribution in [0, 0.1) is 0 Å². The standard InChI is InChI=1S/C18H18F7NO2S/c19-16(18(23,24)25)11-29-10-15(27)14(9-26-4-6-28-7-5-26)12-2-1-3-13(8-12)17(20,21)22/h1-3,8-9,16H,4-7,10-11H2. The molecular weight excluding hydrogens is 427 g/mol. The van der Waals surface area contributed by atoms with E-state index in [-0.39, 0.29) is 11.1 Å². The molecule has 1 atom stereocenters. The molecule has 2 rings (SSSR count). The van der Waals surface area contributed by atoms with Crippen LogP contribution in [0.4, 0.5) is 30.7 Å². The minimum Gasteiger partial charge on any atom is -0.378 e. The predicted octanol–water partition coefficient (Wildman–Crippen LogP) is 4.58. The Morgan fingerprint density at radius 2 is 1.83 bits per heavy atom. The van der Waals surface area contributed by atoms with Gasteiger partial charge in [0.05, 0.1) is 24.5 Å². The Bertz CT molecular complexity index is 728. The van der Waals surface area contributed by atoms with Crippen LogP contribution in [0.5, 0.6) is 0 Å². The topological polar surface area (TPSA) is 29.5 Å². The van der Waals surface area contributed by atoms with Crippen molar-refractivity contribution in [2.24, 2.45) is 0 Å². The quantitative estimate of drug-likeness (QED) is 0.454. The van der Waals surface area contributed by atoms with Crippen LogP contribution >= 0.6 is 11.8 Å². The molecule has 1 heterocycles. The van der Waals surface area contributed by atoms with Crippen molar-refractivity contribution in [1.29, 1.82) is 0 Å². The minimum absolute atomic E-state index is 0.00969. The van der Waals surface area contributed by atoms with Crippen molar-refractivity contribution in [3.63, 3.8) is 0 Å². The van der Waals surface area contributed by atoms with Crippen molar-refractivity contribution in [3.8, 4) is 0 Å². The number of halogens is 7. The highest BCUT2D eigenvalue weighted by Gasteiger charge is 2.40. The summed E-state index contributed by atoms with van der Waals surface area (Å²) in [7, 11) is 0. The van der Waals surface area contributed by atoms with Crippen LogP contribution in [0.3, 0.4) is 0 Å². The summed E-state index contributed by atoms with van der Waals surface area (Å²) < 4.78 is 94.0. The number of hydrogen-bond donors (Lipinski definition) is 0. The third-order valence-electron chi connectivity index (χ3n) is 4.01. The largest absolute Gasteiger partial charge is 0.420 e. The number of Topliss-reactive ketones (excluding diaryl/α,β-unsaturated/α-hetero) is 1. The van der Waals surface area contributed by atoms with Crippen LogP contribution in [0.25, 0.3) is 5.57 Å². The number of carbonyl (C=O) groups is 1. The van der Waals surface area contributed by atoms with Crippen molar-refractivity contribution in [1.82, 2.24) is 4.90 Å². The molecule has 0 radical (unpaired) electrons. The first-order valence-electron chi connectivity index (χ1n) is 8.51. The molecule has 1 aromatic rings. The van der Waals surface area contributed by atoms with E-state index in [1.54, 1.807) is 4.90 Å². The zero-order chi connectivity index (χ0) is 21.7. The number of benzene rings is 1. The zero-order valence-electron chi connectivity index (χ0n) is 15.0. The molecule has 11 heteroatoms. The van der Waals surface area contributed by atoms with Crippen LogP contribution in [0.1, 0.15) is 11.1 Å². The molecule has 0 amide bonds. The number of ether oxygens (including phenoxy) is 1. The van der Waals surface area contributed by atoms with E-state index in [2.05, 4.69) is 0 Å². The second-order valence-corrected chi connectivity index (χ2v) is 7.25. The molecule has 0 aliphatic carbocycles. The molecule has 1 aliphatic rings. The van der Waals surface area contributed by atoms with Gasteiger partial charge in [0, 0.05) is 30.6 Å². The van der Waals surface area contributed by atoms with Crippen LogP contribution in [0.2, 0.25) is 0 Å². The molecule has 1 aliphatic heterocycles. The molecule has 0 bridgehead atoms. The van der Waals surface area contributed by atoms with Crippen molar-refractivity contribution < 1.29 is 40.3 Å². The van der Waals surface area contributed by atoms with E-state index < -0.39 is 41.4 Å². The maximum Gasteiger partial charge on any atom is 0.420 e. The lowest BCUT2D eigenvalue weighted by molar-refractivity contribution is -0.173. The van der Waals surface area contributed by atoms with Crippen LogP contribution in [-0.2, 0) is 15.7 Å². The van der Waals surface area contributed by atoms with Crippen molar-refractivity contribution in [3.05, 3.63) is 41.6 Å². The summed E-state index contributed by atoms with van der Waals surface area (Å²) in [6, 6.07) is 4.12. The van der Waals surface area contributed by atoms with Gasteiger partial charge in [-0.05, 0) is 17.7 Å². The molecule has 1 fully saturated rings. The Hall–Kier alpha value is -1.75. The number of hydrogen-bond acceptors (Lipinski definition) is 4. The molecule has 29 heavy (non-hydrogen) atoms. The van der Waals surface area contributed by atoms with Gasteiger partial charge in [0.2, 0.25) is 6.17 Å². The average molecular weight is 445 g/mol. The summed E-state index contributed by atoms with van der Waals surface area (Å²) >= 11 is 0.440. The maximum absolute atomic E-state index is 13.0. The van der Waals surface area contributed by atoms with Crippen molar-refractivity contribution in [2.75, 3.05) is 37.8 Å². The first-order valence-corrected chi connectivity index (χ1v) is 9.67. The van der Waals surface area contributed by atoms with E-state index >= 15 is 0 Å². The number of alkyl halides is 7. The summed E-state index contributed by atoms with van der Waals surface area (Å²) in [5.41, 5.74) is -1.04. The number of thioether (sulfide) groups is 1. The Kier molecular flexibility index (Phi) is 7.98. The van der Waals surface area contributed by atoms with Gasteiger partial charge in [0.1, 0.15) is 0 Å². The number of nitrogens with zero attached hydrogens (tertiary/aromatic N) is 1. The van der Waals surface area contributed by atoms with Crippen LogP contribution in [0.15, 0.2) is 30.5 Å². The number of morpholine rings is 1. The SMILES string of the molecule is O=C(CSCC(F)C(F)(F)F)C(=CN1CCOCC1)c1cccc(C(F)(F)F)c1. The van der Waals surface area contributed by atoms with Gasteiger partial charge in [0.25, 0.3) is 0 Å². The van der Waals surface area contributed by atoms with E-state index in [4.69, 9.17) is 4.74 Å². The summed E-state index contributed by atoms with van der Waals surface area (Å²) in [5, 5.41) is 0. The molecule has 0 N–H and O–H groups in total. The highest BCUT2D eigenvalue weighted by Crippen LogP contribution is 2.32. The van der Waals surface area contributed by atoms with Gasteiger partial charge >= 0.3 is 12.4 Å². The van der Waals surface area contributed by atoms with E-state index in [9.17, 15) is 35.5 Å². The molecule has 1 saturated heterocycles. The number of carbonyl (C=O) groups excluding carboxylic acids is 1. The van der Waals surface area contributed by atoms with Gasteiger partial charge in [-0.15, -0.1) is 0 Å². The lowest BCUT2D eigenvalue weighted by atomic mass is 10.0. The molecule has 162 valence electrons. The predicted molar refractivity (Wildman–Crippen MR) is 95.1 cm³/mol. The van der Waals surface area contributed by atoms with Crippen molar-refractivity contribution >= 4 is 23.1 Å². The number of rotatable bonds is 7. The van der Waals surface area contributed by atoms with Gasteiger partial charge in [-0.1, -0.05) is 12.1 Å². The smallest absolute Gasteiger partial charge is 0.378 e. The Morgan fingerprint density at radius 1 is 1.17 bits per heavy atom. The number of allylic oxidation sites excluding steroid dienone is 1. The summed E-state index contributed by atoms with van der Waals surface area (Å²) in [4.78, 5) is 14.3. The molecule has 3 nitrogen and oxygen atoms in total.